The SMILES string of the molecule is CNC(=O)c1ccc(NC(=O)CCCc2nc3ccccc3s2)c(C)c1. The number of anilines is 1. The average Bonchev–Trinajstić information content (AvgIpc) is 3.05. The number of hydrogen-bond donors (Lipinski definition) is 2. The molecule has 2 amide bonds. The molecule has 134 valence electrons. The van der Waals surface area contributed by atoms with E-state index in [1.807, 2.05) is 25.1 Å². The van der Waals surface area contributed by atoms with Gasteiger partial charge in [0.15, 0.2) is 0 Å². The van der Waals surface area contributed by atoms with E-state index < -0.39 is 0 Å². The summed E-state index contributed by atoms with van der Waals surface area (Å²) in [5.41, 5.74) is 3.20. The summed E-state index contributed by atoms with van der Waals surface area (Å²) in [7, 11) is 1.60. The maximum Gasteiger partial charge on any atom is 0.251 e. The van der Waals surface area contributed by atoms with E-state index in [2.05, 4.69) is 21.7 Å². The highest BCUT2D eigenvalue weighted by atomic mass is 32.1. The number of carbonyl (C=O) groups excluding carboxylic acids is 2. The van der Waals surface area contributed by atoms with Crippen LogP contribution in [0.1, 0.15) is 33.8 Å². The van der Waals surface area contributed by atoms with Gasteiger partial charge in [0, 0.05) is 24.7 Å². The van der Waals surface area contributed by atoms with Gasteiger partial charge in [-0.1, -0.05) is 12.1 Å². The molecule has 3 rings (SSSR count). The highest BCUT2D eigenvalue weighted by Gasteiger charge is 2.09. The summed E-state index contributed by atoms with van der Waals surface area (Å²) in [5, 5.41) is 6.57. The van der Waals surface area contributed by atoms with Gasteiger partial charge in [0.1, 0.15) is 0 Å². The summed E-state index contributed by atoms with van der Waals surface area (Å²) in [6.07, 6.45) is 1.98. The summed E-state index contributed by atoms with van der Waals surface area (Å²) < 4.78 is 1.18. The first-order valence-corrected chi connectivity index (χ1v) is 9.35. The Labute approximate surface area is 156 Å². The minimum atomic E-state index is -0.137. The van der Waals surface area contributed by atoms with Crippen molar-refractivity contribution in [3.8, 4) is 0 Å². The summed E-state index contributed by atoms with van der Waals surface area (Å²) in [5.74, 6) is -0.163. The lowest BCUT2D eigenvalue weighted by Crippen LogP contribution is -2.18. The molecule has 2 N–H and O–H groups in total. The van der Waals surface area contributed by atoms with Gasteiger partial charge in [-0.15, -0.1) is 11.3 Å². The van der Waals surface area contributed by atoms with Crippen molar-refractivity contribution >= 4 is 39.1 Å². The smallest absolute Gasteiger partial charge is 0.251 e. The molecule has 0 radical (unpaired) electrons. The van der Waals surface area contributed by atoms with Gasteiger partial charge in [0.05, 0.1) is 15.2 Å². The molecule has 0 spiro atoms. The predicted molar refractivity (Wildman–Crippen MR) is 106 cm³/mol. The third-order valence-electron chi connectivity index (χ3n) is 4.12. The highest BCUT2D eigenvalue weighted by molar-refractivity contribution is 7.18. The molecule has 1 aromatic heterocycles. The molecular formula is C20H21N3O2S. The molecule has 6 heteroatoms. The average molecular weight is 367 g/mol. The largest absolute Gasteiger partial charge is 0.355 e. The van der Waals surface area contributed by atoms with E-state index in [1.165, 1.54) is 4.70 Å². The Morgan fingerprint density at radius 2 is 1.96 bits per heavy atom. The van der Waals surface area contributed by atoms with Gasteiger partial charge in [0.2, 0.25) is 5.91 Å². The molecule has 0 unspecified atom stereocenters. The predicted octanol–water partition coefficient (Wildman–Crippen LogP) is 3.93. The van der Waals surface area contributed by atoms with Crippen LogP contribution < -0.4 is 10.6 Å². The zero-order chi connectivity index (χ0) is 18.5. The molecule has 0 fully saturated rings. The van der Waals surface area contributed by atoms with Crippen LogP contribution >= 0.6 is 11.3 Å². The molecule has 26 heavy (non-hydrogen) atoms. The van der Waals surface area contributed by atoms with Crippen molar-refractivity contribution in [1.82, 2.24) is 10.3 Å². The Morgan fingerprint density at radius 1 is 1.15 bits per heavy atom. The second kappa shape index (κ2) is 8.10. The van der Waals surface area contributed by atoms with Crippen LogP contribution in [0.25, 0.3) is 10.2 Å². The van der Waals surface area contributed by atoms with Gasteiger partial charge in [-0.2, -0.15) is 0 Å². The number of rotatable bonds is 6. The number of amides is 2. The van der Waals surface area contributed by atoms with Crippen LogP contribution in [0.3, 0.4) is 0 Å². The number of aromatic nitrogens is 1. The first kappa shape index (κ1) is 18.1. The van der Waals surface area contributed by atoms with Crippen LogP contribution in [0, 0.1) is 6.92 Å². The lowest BCUT2D eigenvalue weighted by molar-refractivity contribution is -0.116. The van der Waals surface area contributed by atoms with Crippen molar-refractivity contribution in [1.29, 1.82) is 0 Å². The molecule has 0 atom stereocenters. The van der Waals surface area contributed by atoms with Crippen molar-refractivity contribution in [2.24, 2.45) is 0 Å². The van der Waals surface area contributed by atoms with Crippen LogP contribution in [0.4, 0.5) is 5.69 Å². The maximum atomic E-state index is 12.2. The van der Waals surface area contributed by atoms with Crippen molar-refractivity contribution in [2.45, 2.75) is 26.2 Å². The monoisotopic (exact) mass is 367 g/mol. The van der Waals surface area contributed by atoms with E-state index in [0.29, 0.717) is 12.0 Å². The number of carbonyl (C=O) groups is 2. The highest BCUT2D eigenvalue weighted by Crippen LogP contribution is 2.23. The summed E-state index contributed by atoms with van der Waals surface area (Å²) >= 11 is 1.68. The summed E-state index contributed by atoms with van der Waals surface area (Å²) in [6, 6.07) is 13.3. The number of aryl methyl sites for hydroxylation is 2. The lowest BCUT2D eigenvalue weighted by Gasteiger charge is -2.09. The van der Waals surface area contributed by atoms with E-state index in [9.17, 15) is 9.59 Å². The molecule has 0 aliphatic rings. The van der Waals surface area contributed by atoms with Gasteiger partial charge < -0.3 is 10.6 Å². The molecule has 0 bridgehead atoms. The Bertz CT molecular complexity index is 916. The van der Waals surface area contributed by atoms with E-state index in [-0.39, 0.29) is 11.8 Å². The standard InChI is InChI=1S/C20H21N3O2S/c1-13-12-14(20(25)21-2)10-11-15(13)22-18(24)8-5-9-19-23-16-6-3-4-7-17(16)26-19/h3-4,6-7,10-12H,5,8-9H2,1-2H3,(H,21,25)(H,22,24). The van der Waals surface area contributed by atoms with Gasteiger partial charge in [-0.25, -0.2) is 4.98 Å². The van der Waals surface area contributed by atoms with Crippen molar-refractivity contribution in [3.63, 3.8) is 0 Å². The molecule has 0 aliphatic heterocycles. The topological polar surface area (TPSA) is 71.1 Å². The fourth-order valence-corrected chi connectivity index (χ4v) is 3.74. The van der Waals surface area contributed by atoms with Crippen molar-refractivity contribution in [2.75, 3.05) is 12.4 Å². The number of benzene rings is 2. The quantitative estimate of drug-likeness (QED) is 0.693. The second-order valence-electron chi connectivity index (χ2n) is 6.09. The van der Waals surface area contributed by atoms with E-state index in [1.54, 1.807) is 36.6 Å². The second-order valence-corrected chi connectivity index (χ2v) is 7.20. The van der Waals surface area contributed by atoms with Crippen LogP contribution in [-0.2, 0) is 11.2 Å². The number of nitrogens with one attached hydrogen (secondary N) is 2. The fourth-order valence-electron chi connectivity index (χ4n) is 2.73. The Morgan fingerprint density at radius 3 is 2.69 bits per heavy atom. The normalized spacial score (nSPS) is 10.7. The van der Waals surface area contributed by atoms with Gasteiger partial charge in [-0.05, 0) is 55.7 Å². The van der Waals surface area contributed by atoms with E-state index in [0.717, 1.165) is 34.6 Å². The van der Waals surface area contributed by atoms with Gasteiger partial charge >= 0.3 is 0 Å². The third-order valence-corrected chi connectivity index (χ3v) is 5.22. The molecular weight excluding hydrogens is 346 g/mol. The number of nitrogens with zero attached hydrogens (tertiary/aromatic N) is 1. The Balaban J connectivity index is 1.53. The van der Waals surface area contributed by atoms with Crippen molar-refractivity contribution < 1.29 is 9.59 Å². The van der Waals surface area contributed by atoms with E-state index in [4.69, 9.17) is 0 Å². The molecule has 0 aliphatic carbocycles. The minimum absolute atomic E-state index is 0.0260. The molecule has 1 heterocycles. The maximum absolute atomic E-state index is 12.2. The molecule has 0 saturated heterocycles. The third kappa shape index (κ3) is 4.26. The van der Waals surface area contributed by atoms with Crippen molar-refractivity contribution in [3.05, 3.63) is 58.6 Å². The Hall–Kier alpha value is -2.73. The number of para-hydroxylation sites is 1. The van der Waals surface area contributed by atoms with E-state index >= 15 is 0 Å². The summed E-state index contributed by atoms with van der Waals surface area (Å²) in [4.78, 5) is 28.4. The van der Waals surface area contributed by atoms with Crippen LogP contribution in [0.2, 0.25) is 0 Å². The fraction of sp³-hybridized carbons (Fsp3) is 0.250. The zero-order valence-corrected chi connectivity index (χ0v) is 15.7. The minimum Gasteiger partial charge on any atom is -0.355 e. The first-order chi connectivity index (χ1) is 12.6. The van der Waals surface area contributed by atoms with Gasteiger partial charge in [0.25, 0.3) is 5.91 Å². The molecule has 5 nitrogen and oxygen atoms in total. The number of fused-ring (bicyclic) bond motifs is 1. The molecule has 0 saturated carbocycles. The molecule has 3 aromatic rings. The van der Waals surface area contributed by atoms with Crippen LogP contribution in [-0.4, -0.2) is 23.8 Å². The number of hydrogen-bond acceptors (Lipinski definition) is 4. The molecule has 2 aromatic carbocycles. The van der Waals surface area contributed by atoms with Crippen LogP contribution in [0.15, 0.2) is 42.5 Å². The Kier molecular flexibility index (Phi) is 5.63. The zero-order valence-electron chi connectivity index (χ0n) is 14.8. The van der Waals surface area contributed by atoms with Crippen LogP contribution in [0.5, 0.6) is 0 Å². The summed E-state index contributed by atoms with van der Waals surface area (Å²) in [6.45, 7) is 1.88. The first-order valence-electron chi connectivity index (χ1n) is 8.54. The number of thiazole rings is 1. The lowest BCUT2D eigenvalue weighted by atomic mass is 10.1. The van der Waals surface area contributed by atoms with Gasteiger partial charge in [-0.3, -0.25) is 9.59 Å².